The van der Waals surface area contributed by atoms with Crippen molar-refractivity contribution in [3.05, 3.63) is 49.3 Å². The van der Waals surface area contributed by atoms with Gasteiger partial charge in [-0.1, -0.05) is 15.9 Å². The monoisotopic (exact) mass is 524 g/mol. The Bertz CT molecular complexity index is 947. The van der Waals surface area contributed by atoms with Crippen LogP contribution < -0.4 is 4.72 Å². The summed E-state index contributed by atoms with van der Waals surface area (Å²) in [7, 11) is -3.75. The van der Waals surface area contributed by atoms with E-state index in [0.717, 1.165) is 14.7 Å². The largest absolute Gasteiger partial charge is 0.278 e. The number of benzene rings is 1. The van der Waals surface area contributed by atoms with E-state index in [4.69, 9.17) is 0 Å². The van der Waals surface area contributed by atoms with Crippen molar-refractivity contribution in [1.29, 1.82) is 0 Å². The van der Waals surface area contributed by atoms with Gasteiger partial charge in [-0.05, 0) is 61.5 Å². The fourth-order valence-electron chi connectivity index (χ4n) is 1.94. The van der Waals surface area contributed by atoms with E-state index in [2.05, 4.69) is 57.5 Å². The standard InChI is InChI=1S/C13H7Br3N2O2S2/c14-7-5-8(15)13(9(16)6-7)22(19,20)18-11-1-3-17-10-2-4-21-12(10)11/h1-6H,(H,17,18). The van der Waals surface area contributed by atoms with E-state index in [-0.39, 0.29) is 4.90 Å². The van der Waals surface area contributed by atoms with Crippen LogP contribution in [0.3, 0.4) is 0 Å². The minimum absolute atomic E-state index is 0.150. The van der Waals surface area contributed by atoms with E-state index in [0.29, 0.717) is 14.6 Å². The lowest BCUT2D eigenvalue weighted by Crippen LogP contribution is -2.14. The van der Waals surface area contributed by atoms with Crippen molar-refractivity contribution in [3.63, 3.8) is 0 Å². The highest BCUT2D eigenvalue weighted by Gasteiger charge is 2.23. The van der Waals surface area contributed by atoms with E-state index in [9.17, 15) is 8.42 Å². The van der Waals surface area contributed by atoms with Crippen LogP contribution in [0.1, 0.15) is 0 Å². The number of pyridine rings is 1. The van der Waals surface area contributed by atoms with Gasteiger partial charge in [0.15, 0.2) is 0 Å². The fraction of sp³-hybridized carbons (Fsp3) is 0. The molecule has 0 aliphatic carbocycles. The van der Waals surface area contributed by atoms with Gasteiger partial charge in [-0.15, -0.1) is 11.3 Å². The number of rotatable bonds is 3. The molecule has 0 fully saturated rings. The van der Waals surface area contributed by atoms with Crippen molar-refractivity contribution < 1.29 is 8.42 Å². The van der Waals surface area contributed by atoms with Gasteiger partial charge in [0.1, 0.15) is 4.90 Å². The van der Waals surface area contributed by atoms with Crippen LogP contribution in [0.2, 0.25) is 0 Å². The lowest BCUT2D eigenvalue weighted by molar-refractivity contribution is 0.600. The Balaban J connectivity index is 2.10. The van der Waals surface area contributed by atoms with Gasteiger partial charge in [0, 0.05) is 19.6 Å². The quantitative estimate of drug-likeness (QED) is 0.498. The fourth-order valence-corrected chi connectivity index (χ4v) is 7.55. The molecule has 0 atom stereocenters. The zero-order valence-corrected chi connectivity index (χ0v) is 17.1. The van der Waals surface area contributed by atoms with Crippen molar-refractivity contribution in [1.82, 2.24) is 4.98 Å². The molecule has 3 aromatic rings. The number of halogens is 3. The van der Waals surface area contributed by atoms with Crippen LogP contribution in [-0.4, -0.2) is 13.4 Å². The first kappa shape index (κ1) is 16.4. The Labute approximate surface area is 156 Å². The Morgan fingerprint density at radius 2 is 1.77 bits per heavy atom. The number of fused-ring (bicyclic) bond motifs is 1. The highest BCUT2D eigenvalue weighted by atomic mass is 79.9. The third-order valence-electron chi connectivity index (χ3n) is 2.82. The van der Waals surface area contributed by atoms with Gasteiger partial charge in [-0.2, -0.15) is 0 Å². The molecule has 2 heterocycles. The van der Waals surface area contributed by atoms with Crippen LogP contribution in [0.5, 0.6) is 0 Å². The van der Waals surface area contributed by atoms with Crippen LogP contribution in [0.25, 0.3) is 10.2 Å². The topological polar surface area (TPSA) is 59.1 Å². The molecular formula is C13H7Br3N2O2S2. The molecule has 0 saturated heterocycles. The maximum absolute atomic E-state index is 12.7. The lowest BCUT2D eigenvalue weighted by atomic mass is 10.3. The van der Waals surface area contributed by atoms with E-state index in [1.807, 2.05) is 11.4 Å². The molecule has 0 radical (unpaired) electrons. The van der Waals surface area contributed by atoms with Crippen molar-refractivity contribution >= 4 is 85.1 Å². The zero-order chi connectivity index (χ0) is 15.9. The number of sulfonamides is 1. The number of aromatic nitrogens is 1. The Morgan fingerprint density at radius 3 is 2.45 bits per heavy atom. The molecule has 0 aliphatic heterocycles. The molecule has 0 aliphatic rings. The summed E-state index contributed by atoms with van der Waals surface area (Å²) in [5, 5.41) is 1.88. The molecule has 0 saturated carbocycles. The summed E-state index contributed by atoms with van der Waals surface area (Å²) < 4.78 is 30.6. The Hall–Kier alpha value is -0.480. The Morgan fingerprint density at radius 1 is 1.09 bits per heavy atom. The highest BCUT2D eigenvalue weighted by molar-refractivity contribution is 9.11. The van der Waals surface area contributed by atoms with Gasteiger partial charge in [-0.25, -0.2) is 8.42 Å². The summed E-state index contributed by atoms with van der Waals surface area (Å²) in [4.78, 5) is 4.35. The summed E-state index contributed by atoms with van der Waals surface area (Å²) in [6.07, 6.45) is 1.58. The second-order valence-electron chi connectivity index (χ2n) is 4.30. The van der Waals surface area contributed by atoms with Gasteiger partial charge in [-0.3, -0.25) is 9.71 Å². The number of hydrogen-bond donors (Lipinski definition) is 1. The van der Waals surface area contributed by atoms with E-state index < -0.39 is 10.0 Å². The van der Waals surface area contributed by atoms with Crippen LogP contribution >= 0.6 is 59.1 Å². The summed E-state index contributed by atoms with van der Waals surface area (Å²) >= 11 is 11.4. The van der Waals surface area contributed by atoms with Crippen LogP contribution in [0.15, 0.2) is 54.2 Å². The molecule has 0 unspecified atom stereocenters. The average molecular weight is 527 g/mol. The van der Waals surface area contributed by atoms with Gasteiger partial charge >= 0.3 is 0 Å². The molecule has 1 N–H and O–H groups in total. The SMILES string of the molecule is O=S(=O)(Nc1ccnc2ccsc12)c1c(Br)cc(Br)cc1Br. The third kappa shape index (κ3) is 3.09. The smallest absolute Gasteiger partial charge is 0.264 e. The summed E-state index contributed by atoms with van der Waals surface area (Å²) in [5.41, 5.74) is 1.28. The van der Waals surface area contributed by atoms with E-state index in [1.54, 1.807) is 24.4 Å². The zero-order valence-electron chi connectivity index (χ0n) is 10.7. The molecule has 1 aromatic carbocycles. The molecule has 0 bridgehead atoms. The second kappa shape index (κ2) is 6.20. The van der Waals surface area contributed by atoms with Crippen molar-refractivity contribution in [2.45, 2.75) is 4.90 Å². The minimum Gasteiger partial charge on any atom is -0.278 e. The molecule has 0 amide bonds. The van der Waals surface area contributed by atoms with Crippen LogP contribution in [0.4, 0.5) is 5.69 Å². The number of hydrogen-bond acceptors (Lipinski definition) is 4. The second-order valence-corrected chi connectivity index (χ2v) is 9.46. The molecule has 4 nitrogen and oxygen atoms in total. The van der Waals surface area contributed by atoms with Gasteiger partial charge < -0.3 is 0 Å². The first-order valence-electron chi connectivity index (χ1n) is 5.88. The van der Waals surface area contributed by atoms with Crippen LogP contribution in [0, 0.1) is 0 Å². The number of thiophene rings is 1. The number of nitrogens with zero attached hydrogens (tertiary/aromatic N) is 1. The Kier molecular flexibility index (Phi) is 4.61. The van der Waals surface area contributed by atoms with E-state index >= 15 is 0 Å². The number of anilines is 1. The van der Waals surface area contributed by atoms with Crippen LogP contribution in [-0.2, 0) is 10.0 Å². The normalized spacial score (nSPS) is 11.8. The average Bonchev–Trinajstić information content (AvgIpc) is 2.85. The van der Waals surface area contributed by atoms with E-state index in [1.165, 1.54) is 11.3 Å². The van der Waals surface area contributed by atoms with Crippen molar-refractivity contribution in [3.8, 4) is 0 Å². The molecule has 3 rings (SSSR count). The van der Waals surface area contributed by atoms with Crippen molar-refractivity contribution in [2.24, 2.45) is 0 Å². The molecule has 0 spiro atoms. The van der Waals surface area contributed by atoms with Gasteiger partial charge in [0.05, 0.1) is 15.9 Å². The summed E-state index contributed by atoms with van der Waals surface area (Å²) in [6.45, 7) is 0. The maximum Gasteiger partial charge on any atom is 0.264 e. The minimum atomic E-state index is -3.75. The molecule has 114 valence electrons. The predicted octanol–water partition coefficient (Wildman–Crippen LogP) is 5.38. The van der Waals surface area contributed by atoms with Gasteiger partial charge in [0.25, 0.3) is 10.0 Å². The first-order chi connectivity index (χ1) is 10.4. The molecule has 9 heteroatoms. The number of nitrogens with one attached hydrogen (secondary N) is 1. The third-order valence-corrected chi connectivity index (χ3v) is 7.46. The molecule has 22 heavy (non-hydrogen) atoms. The first-order valence-corrected chi connectivity index (χ1v) is 10.6. The predicted molar refractivity (Wildman–Crippen MR) is 100.0 cm³/mol. The lowest BCUT2D eigenvalue weighted by Gasteiger charge is -2.12. The van der Waals surface area contributed by atoms with Crippen molar-refractivity contribution in [2.75, 3.05) is 4.72 Å². The molecular weight excluding hydrogens is 520 g/mol. The summed E-state index contributed by atoms with van der Waals surface area (Å²) in [6, 6.07) is 6.87. The summed E-state index contributed by atoms with van der Waals surface area (Å²) in [5.74, 6) is 0. The van der Waals surface area contributed by atoms with Gasteiger partial charge in [0.2, 0.25) is 0 Å². The molecule has 2 aromatic heterocycles. The highest BCUT2D eigenvalue weighted by Crippen LogP contribution is 2.35. The maximum atomic E-state index is 12.7.